The van der Waals surface area contributed by atoms with Crippen LogP contribution in [0.3, 0.4) is 0 Å². The van der Waals surface area contributed by atoms with Crippen molar-refractivity contribution < 1.29 is 14.0 Å². The molecule has 0 radical (unpaired) electrons. The lowest BCUT2D eigenvalue weighted by atomic mass is 9.96. The molecule has 1 aromatic carbocycles. The van der Waals surface area contributed by atoms with Crippen molar-refractivity contribution >= 4 is 17.6 Å². The highest BCUT2D eigenvalue weighted by Gasteiger charge is 2.43. The predicted octanol–water partition coefficient (Wildman–Crippen LogP) is 2.61. The Morgan fingerprint density at radius 1 is 1.25 bits per heavy atom. The van der Waals surface area contributed by atoms with Crippen molar-refractivity contribution in [3.63, 3.8) is 0 Å². The number of amides is 3. The van der Waals surface area contributed by atoms with Gasteiger partial charge in [0.2, 0.25) is 0 Å². The second-order valence-electron chi connectivity index (χ2n) is 7.15. The van der Waals surface area contributed by atoms with Gasteiger partial charge in [-0.3, -0.25) is 9.69 Å². The van der Waals surface area contributed by atoms with Crippen molar-refractivity contribution in [2.24, 2.45) is 0 Å². The molecule has 0 saturated carbocycles. The highest BCUT2D eigenvalue weighted by Crippen LogP contribution is 2.32. The number of carbonyl (C=O) groups excluding carboxylic acids is 2. The van der Waals surface area contributed by atoms with Gasteiger partial charge in [0.15, 0.2) is 0 Å². The van der Waals surface area contributed by atoms with E-state index < -0.39 is 5.54 Å². The van der Waals surface area contributed by atoms with Gasteiger partial charge in [-0.15, -0.1) is 0 Å². The van der Waals surface area contributed by atoms with Crippen LogP contribution in [0, 0.1) is 12.7 Å². The number of carbonyl (C=O) groups is 2. The van der Waals surface area contributed by atoms with Crippen molar-refractivity contribution in [1.82, 2.24) is 10.2 Å². The van der Waals surface area contributed by atoms with Crippen LogP contribution in [-0.4, -0.2) is 42.0 Å². The molecule has 0 spiro atoms. The number of rotatable bonds is 4. The van der Waals surface area contributed by atoms with E-state index in [1.165, 1.54) is 11.0 Å². The summed E-state index contributed by atoms with van der Waals surface area (Å²) < 4.78 is 14.3. The van der Waals surface area contributed by atoms with Gasteiger partial charge >= 0.3 is 6.03 Å². The summed E-state index contributed by atoms with van der Waals surface area (Å²) in [5, 5.41) is 2.68. The van der Waals surface area contributed by atoms with Gasteiger partial charge in [0.25, 0.3) is 5.91 Å². The summed E-state index contributed by atoms with van der Waals surface area (Å²) in [6.45, 7) is 7.20. The molecule has 0 aromatic heterocycles. The lowest BCUT2D eigenvalue weighted by Crippen LogP contribution is -2.40. The molecule has 0 atom stereocenters. The number of aryl methyl sites for hydroxylation is 1. The molecule has 0 aliphatic carbocycles. The first-order chi connectivity index (χ1) is 11.3. The van der Waals surface area contributed by atoms with E-state index in [-0.39, 0.29) is 17.8 Å². The third-order valence-corrected chi connectivity index (χ3v) is 4.89. The Morgan fingerprint density at radius 2 is 2.00 bits per heavy atom. The number of halogens is 1. The molecular formula is C18H24FN3O2. The summed E-state index contributed by atoms with van der Waals surface area (Å²) in [5.74, 6) is -0.389. The van der Waals surface area contributed by atoms with Gasteiger partial charge in [0, 0.05) is 19.6 Å². The SMILES string of the molecule is Cc1ccc(F)c2c1CCCN2CCCN1C(=O)NC(C)(C)C1=O. The molecule has 0 bridgehead atoms. The van der Waals surface area contributed by atoms with E-state index in [2.05, 4.69) is 5.32 Å². The molecule has 1 aromatic rings. The van der Waals surface area contributed by atoms with Crippen molar-refractivity contribution in [2.45, 2.75) is 45.6 Å². The van der Waals surface area contributed by atoms with Crippen molar-refractivity contribution in [3.8, 4) is 0 Å². The summed E-state index contributed by atoms with van der Waals surface area (Å²) >= 11 is 0. The minimum atomic E-state index is -0.835. The van der Waals surface area contributed by atoms with Gasteiger partial charge in [0.05, 0.1) is 5.69 Å². The van der Waals surface area contributed by atoms with Crippen LogP contribution in [0.15, 0.2) is 12.1 Å². The quantitative estimate of drug-likeness (QED) is 0.862. The number of fused-ring (bicyclic) bond motifs is 1. The fraction of sp³-hybridized carbons (Fsp3) is 0.556. The fourth-order valence-corrected chi connectivity index (χ4v) is 3.59. The van der Waals surface area contributed by atoms with Crippen LogP contribution in [0.2, 0.25) is 0 Å². The Balaban J connectivity index is 1.66. The molecule has 1 fully saturated rings. The second-order valence-corrected chi connectivity index (χ2v) is 7.15. The van der Waals surface area contributed by atoms with Gasteiger partial charge in [-0.1, -0.05) is 6.07 Å². The molecule has 0 unspecified atom stereocenters. The second kappa shape index (κ2) is 6.07. The number of nitrogens with zero attached hydrogens (tertiary/aromatic N) is 2. The monoisotopic (exact) mass is 333 g/mol. The first-order valence-corrected chi connectivity index (χ1v) is 8.48. The molecule has 6 heteroatoms. The summed E-state index contributed by atoms with van der Waals surface area (Å²) in [4.78, 5) is 27.4. The average Bonchev–Trinajstić information content (AvgIpc) is 2.72. The molecule has 3 amide bonds. The Bertz CT molecular complexity index is 687. The van der Waals surface area contributed by atoms with Crippen molar-refractivity contribution in [3.05, 3.63) is 29.1 Å². The zero-order chi connectivity index (χ0) is 17.5. The third-order valence-electron chi connectivity index (χ3n) is 4.89. The van der Waals surface area contributed by atoms with Crippen LogP contribution in [0.1, 0.15) is 37.8 Å². The largest absolute Gasteiger partial charge is 0.369 e. The van der Waals surface area contributed by atoms with Crippen molar-refractivity contribution in [2.75, 3.05) is 24.5 Å². The maximum Gasteiger partial charge on any atom is 0.325 e. The van der Waals surface area contributed by atoms with Gasteiger partial charge < -0.3 is 10.2 Å². The molecule has 5 nitrogen and oxygen atoms in total. The van der Waals surface area contributed by atoms with Crippen LogP contribution < -0.4 is 10.2 Å². The minimum Gasteiger partial charge on any atom is -0.369 e. The maximum atomic E-state index is 14.3. The zero-order valence-electron chi connectivity index (χ0n) is 14.5. The number of imide groups is 1. The minimum absolute atomic E-state index is 0.188. The highest BCUT2D eigenvalue weighted by atomic mass is 19.1. The summed E-state index contributed by atoms with van der Waals surface area (Å²) in [7, 11) is 0. The van der Waals surface area contributed by atoms with E-state index in [0.717, 1.165) is 30.5 Å². The maximum absolute atomic E-state index is 14.3. The number of hydrogen-bond donors (Lipinski definition) is 1. The Hall–Kier alpha value is -2.11. The average molecular weight is 333 g/mol. The highest BCUT2D eigenvalue weighted by molar-refractivity contribution is 6.06. The topological polar surface area (TPSA) is 52.6 Å². The molecule has 3 rings (SSSR count). The molecule has 2 heterocycles. The Morgan fingerprint density at radius 3 is 2.67 bits per heavy atom. The third kappa shape index (κ3) is 2.85. The fourth-order valence-electron chi connectivity index (χ4n) is 3.59. The lowest BCUT2D eigenvalue weighted by Gasteiger charge is -2.33. The van der Waals surface area contributed by atoms with Crippen LogP contribution >= 0.6 is 0 Å². The van der Waals surface area contributed by atoms with Gasteiger partial charge in [-0.05, 0) is 57.2 Å². The van der Waals surface area contributed by atoms with Gasteiger partial charge in [0.1, 0.15) is 11.4 Å². The first kappa shape index (κ1) is 16.7. The number of hydrogen-bond acceptors (Lipinski definition) is 3. The Labute approximate surface area is 141 Å². The molecule has 24 heavy (non-hydrogen) atoms. The lowest BCUT2D eigenvalue weighted by molar-refractivity contribution is -0.130. The zero-order valence-corrected chi connectivity index (χ0v) is 14.5. The molecule has 130 valence electrons. The number of urea groups is 1. The standard InChI is InChI=1S/C18H24FN3O2/c1-12-7-8-14(19)15-13(12)6-4-9-21(15)10-5-11-22-16(23)18(2,3)20-17(22)24/h7-8H,4-6,9-11H2,1-3H3,(H,20,24). The van der Waals surface area contributed by atoms with E-state index in [1.807, 2.05) is 17.9 Å². The van der Waals surface area contributed by atoms with E-state index in [1.54, 1.807) is 13.8 Å². The molecule has 2 aliphatic rings. The van der Waals surface area contributed by atoms with Gasteiger partial charge in [-0.25, -0.2) is 9.18 Å². The normalized spacial score (nSPS) is 19.5. The van der Waals surface area contributed by atoms with E-state index >= 15 is 0 Å². The van der Waals surface area contributed by atoms with Crippen LogP contribution in [0.4, 0.5) is 14.9 Å². The Kier molecular flexibility index (Phi) is 4.24. The summed E-state index contributed by atoms with van der Waals surface area (Å²) in [5.41, 5.74) is 2.06. The predicted molar refractivity (Wildman–Crippen MR) is 90.6 cm³/mol. The van der Waals surface area contributed by atoms with E-state index in [0.29, 0.717) is 25.2 Å². The molecule has 2 aliphatic heterocycles. The summed E-state index contributed by atoms with van der Waals surface area (Å²) in [6, 6.07) is 3.01. The number of nitrogens with one attached hydrogen (secondary N) is 1. The van der Waals surface area contributed by atoms with Crippen LogP contribution in [-0.2, 0) is 11.2 Å². The van der Waals surface area contributed by atoms with Crippen molar-refractivity contribution in [1.29, 1.82) is 0 Å². The smallest absolute Gasteiger partial charge is 0.325 e. The summed E-state index contributed by atoms with van der Waals surface area (Å²) in [6.07, 6.45) is 2.52. The van der Waals surface area contributed by atoms with E-state index in [9.17, 15) is 14.0 Å². The number of anilines is 1. The molecular weight excluding hydrogens is 309 g/mol. The molecule has 1 saturated heterocycles. The first-order valence-electron chi connectivity index (χ1n) is 8.48. The van der Waals surface area contributed by atoms with Crippen LogP contribution in [0.25, 0.3) is 0 Å². The molecule has 1 N–H and O–H groups in total. The number of benzene rings is 1. The van der Waals surface area contributed by atoms with Crippen LogP contribution in [0.5, 0.6) is 0 Å². The van der Waals surface area contributed by atoms with Gasteiger partial charge in [-0.2, -0.15) is 0 Å². The van der Waals surface area contributed by atoms with E-state index in [4.69, 9.17) is 0 Å².